The van der Waals surface area contributed by atoms with E-state index >= 15 is 0 Å². The molecule has 0 radical (unpaired) electrons. The summed E-state index contributed by atoms with van der Waals surface area (Å²) < 4.78 is 2.00. The van der Waals surface area contributed by atoms with Crippen LogP contribution in [0.1, 0.15) is 32.0 Å². The Labute approximate surface area is 84.4 Å². The molecule has 0 unspecified atom stereocenters. The summed E-state index contributed by atoms with van der Waals surface area (Å²) in [6.07, 6.45) is 1.98. The van der Waals surface area contributed by atoms with Gasteiger partial charge in [0.05, 0.1) is 6.42 Å². The maximum atomic E-state index is 10.5. The Morgan fingerprint density at radius 1 is 1.50 bits per heavy atom. The van der Waals surface area contributed by atoms with Gasteiger partial charge in [0.2, 0.25) is 0 Å². The number of carboxylic acid groups (broad SMARTS) is 1. The second kappa shape index (κ2) is 3.48. The molecule has 0 fully saturated rings. The normalized spacial score (nSPS) is 11.7. The average molecular weight is 195 g/mol. The smallest absolute Gasteiger partial charge is 0.307 e. The number of aryl methyl sites for hydroxylation is 1. The first-order valence-corrected chi connectivity index (χ1v) is 4.68. The third-order valence-electron chi connectivity index (χ3n) is 2.19. The van der Waals surface area contributed by atoms with E-state index in [1.807, 2.05) is 23.9 Å². The van der Waals surface area contributed by atoms with Gasteiger partial charge in [0.25, 0.3) is 0 Å². The van der Waals surface area contributed by atoms with E-state index in [4.69, 9.17) is 5.11 Å². The highest BCUT2D eigenvalue weighted by molar-refractivity contribution is 5.70. The average Bonchev–Trinajstić information content (AvgIpc) is 2.27. The minimum Gasteiger partial charge on any atom is -0.481 e. The lowest BCUT2D eigenvalue weighted by Crippen LogP contribution is -2.15. The first-order valence-electron chi connectivity index (χ1n) is 4.68. The molecule has 1 aromatic rings. The molecule has 0 aliphatic heterocycles. The van der Waals surface area contributed by atoms with Crippen molar-refractivity contribution >= 4 is 5.97 Å². The summed E-state index contributed by atoms with van der Waals surface area (Å²) in [4.78, 5) is 10.5. The van der Waals surface area contributed by atoms with Crippen molar-refractivity contribution in [3.8, 4) is 0 Å². The third kappa shape index (κ3) is 2.37. The summed E-state index contributed by atoms with van der Waals surface area (Å²) in [5, 5.41) is 8.66. The van der Waals surface area contributed by atoms with Crippen molar-refractivity contribution in [1.29, 1.82) is 0 Å². The van der Waals surface area contributed by atoms with E-state index in [0.717, 1.165) is 11.3 Å². The molecule has 1 N–H and O–H groups in total. The van der Waals surface area contributed by atoms with Crippen LogP contribution in [0.2, 0.25) is 0 Å². The predicted octanol–water partition coefficient (Wildman–Crippen LogP) is 1.95. The van der Waals surface area contributed by atoms with Crippen molar-refractivity contribution in [3.63, 3.8) is 0 Å². The summed E-state index contributed by atoms with van der Waals surface area (Å²) >= 11 is 0. The van der Waals surface area contributed by atoms with Gasteiger partial charge in [-0.3, -0.25) is 4.79 Å². The molecular weight excluding hydrogens is 178 g/mol. The first-order chi connectivity index (χ1) is 6.30. The fourth-order valence-electron chi connectivity index (χ4n) is 1.65. The van der Waals surface area contributed by atoms with E-state index in [9.17, 15) is 4.79 Å². The first kappa shape index (κ1) is 10.8. The molecule has 0 aliphatic carbocycles. The Bertz CT molecular complexity index is 345. The largest absolute Gasteiger partial charge is 0.481 e. The summed E-state index contributed by atoms with van der Waals surface area (Å²) in [6, 6.07) is 1.97. The molecule has 0 aromatic carbocycles. The molecule has 1 aromatic heterocycles. The quantitative estimate of drug-likeness (QED) is 0.783. The highest BCUT2D eigenvalue weighted by atomic mass is 16.4. The van der Waals surface area contributed by atoms with E-state index in [1.165, 1.54) is 0 Å². The van der Waals surface area contributed by atoms with Gasteiger partial charge >= 0.3 is 5.97 Å². The molecule has 14 heavy (non-hydrogen) atoms. The molecule has 0 spiro atoms. The van der Waals surface area contributed by atoms with Crippen LogP contribution in [-0.4, -0.2) is 15.6 Å². The van der Waals surface area contributed by atoms with Crippen LogP contribution in [0.15, 0.2) is 12.3 Å². The third-order valence-corrected chi connectivity index (χ3v) is 2.19. The zero-order valence-electron chi connectivity index (χ0n) is 9.16. The molecule has 0 atom stereocenters. The van der Waals surface area contributed by atoms with Gasteiger partial charge < -0.3 is 9.67 Å². The van der Waals surface area contributed by atoms with E-state index in [2.05, 4.69) is 20.8 Å². The summed E-state index contributed by atoms with van der Waals surface area (Å²) in [7, 11) is 1.95. The van der Waals surface area contributed by atoms with Crippen molar-refractivity contribution in [1.82, 2.24) is 4.57 Å². The number of carbonyl (C=O) groups is 1. The van der Waals surface area contributed by atoms with Crippen molar-refractivity contribution in [2.24, 2.45) is 7.05 Å². The minimum atomic E-state index is -0.781. The van der Waals surface area contributed by atoms with Crippen molar-refractivity contribution < 1.29 is 9.90 Å². The lowest BCUT2D eigenvalue weighted by atomic mass is 9.92. The van der Waals surface area contributed by atoms with Crippen molar-refractivity contribution in [2.45, 2.75) is 32.6 Å². The zero-order valence-corrected chi connectivity index (χ0v) is 9.16. The van der Waals surface area contributed by atoms with Gasteiger partial charge in [0, 0.05) is 24.4 Å². The van der Waals surface area contributed by atoms with Gasteiger partial charge in [-0.1, -0.05) is 20.8 Å². The Hall–Kier alpha value is -1.25. The van der Waals surface area contributed by atoms with E-state index in [1.54, 1.807) is 0 Å². The van der Waals surface area contributed by atoms with E-state index in [0.29, 0.717) is 0 Å². The van der Waals surface area contributed by atoms with Crippen LogP contribution >= 0.6 is 0 Å². The number of hydrogen-bond donors (Lipinski definition) is 1. The second-order valence-corrected chi connectivity index (χ2v) is 4.67. The summed E-state index contributed by atoms with van der Waals surface area (Å²) in [6.45, 7) is 6.35. The van der Waals surface area contributed by atoms with Crippen LogP contribution in [0.3, 0.4) is 0 Å². The molecule has 0 saturated heterocycles. The fourth-order valence-corrected chi connectivity index (χ4v) is 1.65. The standard InChI is InChI=1S/C11H17NO2/c1-11(2,3)9-5-8(6-10(13)14)7-12(9)4/h5,7H,6H2,1-4H3,(H,13,14). The zero-order chi connectivity index (χ0) is 10.9. The Morgan fingerprint density at radius 3 is 2.43 bits per heavy atom. The Balaban J connectivity index is 2.99. The Morgan fingerprint density at radius 2 is 2.07 bits per heavy atom. The van der Waals surface area contributed by atoms with Crippen LogP contribution < -0.4 is 0 Å². The fraction of sp³-hybridized carbons (Fsp3) is 0.545. The second-order valence-electron chi connectivity index (χ2n) is 4.67. The van der Waals surface area contributed by atoms with Crippen LogP contribution in [0, 0.1) is 0 Å². The summed E-state index contributed by atoms with van der Waals surface area (Å²) in [5.74, 6) is -0.781. The van der Waals surface area contributed by atoms with Crippen molar-refractivity contribution in [2.75, 3.05) is 0 Å². The topological polar surface area (TPSA) is 42.2 Å². The number of aromatic nitrogens is 1. The minimum absolute atomic E-state index is 0.0610. The lowest BCUT2D eigenvalue weighted by molar-refractivity contribution is -0.136. The molecule has 78 valence electrons. The number of rotatable bonds is 2. The number of hydrogen-bond acceptors (Lipinski definition) is 1. The van der Waals surface area contributed by atoms with Gasteiger partial charge in [0.1, 0.15) is 0 Å². The molecule has 3 nitrogen and oxygen atoms in total. The van der Waals surface area contributed by atoms with Gasteiger partial charge in [-0.2, -0.15) is 0 Å². The predicted molar refractivity (Wildman–Crippen MR) is 55.5 cm³/mol. The summed E-state index contributed by atoms with van der Waals surface area (Å²) in [5.41, 5.74) is 2.09. The maximum absolute atomic E-state index is 10.5. The van der Waals surface area contributed by atoms with E-state index < -0.39 is 5.97 Å². The van der Waals surface area contributed by atoms with Crippen LogP contribution in [0.5, 0.6) is 0 Å². The number of aliphatic carboxylic acids is 1. The molecule has 1 heterocycles. The van der Waals surface area contributed by atoms with Gasteiger partial charge in [-0.05, 0) is 11.6 Å². The molecule has 0 aliphatic rings. The molecule has 0 saturated carbocycles. The van der Waals surface area contributed by atoms with E-state index in [-0.39, 0.29) is 11.8 Å². The number of nitrogens with zero attached hydrogens (tertiary/aromatic N) is 1. The van der Waals surface area contributed by atoms with Gasteiger partial charge in [-0.25, -0.2) is 0 Å². The van der Waals surface area contributed by atoms with Gasteiger partial charge in [-0.15, -0.1) is 0 Å². The van der Waals surface area contributed by atoms with Crippen LogP contribution in [0.4, 0.5) is 0 Å². The van der Waals surface area contributed by atoms with Crippen LogP contribution in [0.25, 0.3) is 0 Å². The molecule has 1 rings (SSSR count). The highest BCUT2D eigenvalue weighted by Crippen LogP contribution is 2.23. The monoisotopic (exact) mass is 195 g/mol. The van der Waals surface area contributed by atoms with Crippen molar-refractivity contribution in [3.05, 3.63) is 23.5 Å². The van der Waals surface area contributed by atoms with Crippen LogP contribution in [-0.2, 0) is 23.7 Å². The molecule has 0 amide bonds. The highest BCUT2D eigenvalue weighted by Gasteiger charge is 2.18. The SMILES string of the molecule is Cn1cc(CC(=O)O)cc1C(C)(C)C. The maximum Gasteiger partial charge on any atom is 0.307 e. The molecule has 3 heteroatoms. The Kier molecular flexibility index (Phi) is 2.69. The lowest BCUT2D eigenvalue weighted by Gasteiger charge is -2.19. The number of carboxylic acids is 1. The molecular formula is C11H17NO2. The van der Waals surface area contributed by atoms with Gasteiger partial charge in [0.15, 0.2) is 0 Å². The molecule has 0 bridgehead atoms.